The van der Waals surface area contributed by atoms with Gasteiger partial charge in [-0.15, -0.1) is 10.2 Å². The van der Waals surface area contributed by atoms with Crippen LogP contribution in [0.2, 0.25) is 0 Å². The van der Waals surface area contributed by atoms with Crippen LogP contribution in [0.1, 0.15) is 12.8 Å². The van der Waals surface area contributed by atoms with Crippen LogP contribution in [0.3, 0.4) is 0 Å². The van der Waals surface area contributed by atoms with E-state index in [4.69, 9.17) is 0 Å². The summed E-state index contributed by atoms with van der Waals surface area (Å²) in [6.45, 7) is 1.48. The van der Waals surface area contributed by atoms with E-state index in [0.717, 1.165) is 30.6 Å². The van der Waals surface area contributed by atoms with Crippen molar-refractivity contribution in [2.75, 3.05) is 23.3 Å². The summed E-state index contributed by atoms with van der Waals surface area (Å²) < 4.78 is 0. The zero-order chi connectivity index (χ0) is 18.6. The third-order valence-corrected chi connectivity index (χ3v) is 4.52. The van der Waals surface area contributed by atoms with Crippen molar-refractivity contribution in [2.45, 2.75) is 12.8 Å². The molecule has 1 fully saturated rings. The lowest BCUT2D eigenvalue weighted by Gasteiger charge is -2.31. The Hall–Kier alpha value is -3.36. The van der Waals surface area contributed by atoms with Crippen LogP contribution in [0.25, 0.3) is 11.4 Å². The van der Waals surface area contributed by atoms with Crippen molar-refractivity contribution in [3.8, 4) is 11.4 Å². The number of hydrogen-bond acceptors (Lipinski definition) is 7. The van der Waals surface area contributed by atoms with Gasteiger partial charge in [0.15, 0.2) is 0 Å². The number of amides is 1. The summed E-state index contributed by atoms with van der Waals surface area (Å²) in [7, 11) is 1.72. The molecule has 27 heavy (non-hydrogen) atoms. The van der Waals surface area contributed by atoms with Gasteiger partial charge in [0, 0.05) is 36.7 Å². The third kappa shape index (κ3) is 3.91. The Bertz CT molecular complexity index is 926. The van der Waals surface area contributed by atoms with Crippen LogP contribution in [0.5, 0.6) is 0 Å². The zero-order valence-electron chi connectivity index (χ0n) is 15.0. The van der Waals surface area contributed by atoms with Gasteiger partial charge in [-0.05, 0) is 36.3 Å². The van der Waals surface area contributed by atoms with E-state index in [1.165, 1.54) is 4.80 Å². The second-order valence-electron chi connectivity index (χ2n) is 6.51. The summed E-state index contributed by atoms with van der Waals surface area (Å²) >= 11 is 0. The van der Waals surface area contributed by atoms with E-state index in [9.17, 15) is 4.79 Å². The van der Waals surface area contributed by atoms with Gasteiger partial charge in [-0.1, -0.05) is 12.1 Å². The maximum absolute atomic E-state index is 12.8. The predicted molar refractivity (Wildman–Crippen MR) is 99.8 cm³/mol. The van der Waals surface area contributed by atoms with Crippen molar-refractivity contribution in [2.24, 2.45) is 13.0 Å². The first-order chi connectivity index (χ1) is 13.2. The molecule has 3 heterocycles. The van der Waals surface area contributed by atoms with Gasteiger partial charge in [0.1, 0.15) is 0 Å². The van der Waals surface area contributed by atoms with Crippen molar-refractivity contribution in [3.05, 3.63) is 42.7 Å². The number of piperidine rings is 1. The summed E-state index contributed by atoms with van der Waals surface area (Å²) in [6, 6.07) is 9.26. The number of nitrogens with one attached hydrogen (secondary N) is 1. The van der Waals surface area contributed by atoms with E-state index in [1.807, 2.05) is 24.3 Å². The molecule has 1 aromatic carbocycles. The zero-order valence-corrected chi connectivity index (χ0v) is 15.0. The Morgan fingerprint density at radius 2 is 2.07 bits per heavy atom. The smallest absolute Gasteiger partial charge is 0.229 e. The normalized spacial score (nSPS) is 16.9. The Morgan fingerprint density at radius 3 is 2.85 bits per heavy atom. The van der Waals surface area contributed by atoms with Crippen molar-refractivity contribution in [3.63, 3.8) is 0 Å². The summed E-state index contributed by atoms with van der Waals surface area (Å²) in [4.78, 5) is 24.8. The van der Waals surface area contributed by atoms with Gasteiger partial charge in [-0.25, -0.2) is 9.97 Å². The Kier molecular flexibility index (Phi) is 4.73. The van der Waals surface area contributed by atoms with Crippen molar-refractivity contribution >= 4 is 17.5 Å². The molecule has 0 radical (unpaired) electrons. The Morgan fingerprint density at radius 1 is 1.22 bits per heavy atom. The summed E-state index contributed by atoms with van der Waals surface area (Å²) in [6.07, 6.45) is 5.22. The fourth-order valence-corrected chi connectivity index (χ4v) is 3.21. The van der Waals surface area contributed by atoms with E-state index in [2.05, 4.69) is 35.6 Å². The minimum absolute atomic E-state index is 0.000105. The number of aromatic nitrogens is 6. The molecule has 1 atom stereocenters. The van der Waals surface area contributed by atoms with Crippen molar-refractivity contribution < 1.29 is 4.79 Å². The highest BCUT2D eigenvalue weighted by molar-refractivity contribution is 5.93. The molecular weight excluding hydrogens is 344 g/mol. The van der Waals surface area contributed by atoms with Crippen LogP contribution in [0.15, 0.2) is 42.7 Å². The van der Waals surface area contributed by atoms with Gasteiger partial charge in [0.25, 0.3) is 0 Å². The number of benzene rings is 1. The molecule has 1 aliphatic heterocycles. The van der Waals surface area contributed by atoms with E-state index in [1.54, 1.807) is 25.5 Å². The number of anilines is 2. The van der Waals surface area contributed by atoms with Crippen LogP contribution >= 0.6 is 0 Å². The van der Waals surface area contributed by atoms with Crippen molar-refractivity contribution in [1.82, 2.24) is 30.2 Å². The van der Waals surface area contributed by atoms with Crippen LogP contribution in [-0.2, 0) is 11.8 Å². The quantitative estimate of drug-likeness (QED) is 0.749. The fourth-order valence-electron chi connectivity index (χ4n) is 3.21. The second kappa shape index (κ2) is 7.48. The summed E-state index contributed by atoms with van der Waals surface area (Å²) in [5, 5.41) is 15.1. The summed E-state index contributed by atoms with van der Waals surface area (Å²) in [5.41, 5.74) is 1.53. The molecule has 138 valence electrons. The summed E-state index contributed by atoms with van der Waals surface area (Å²) in [5.74, 6) is 1.09. The lowest BCUT2D eigenvalue weighted by molar-refractivity contribution is -0.120. The maximum atomic E-state index is 12.8. The van der Waals surface area contributed by atoms with Gasteiger partial charge >= 0.3 is 0 Å². The monoisotopic (exact) mass is 364 g/mol. The van der Waals surface area contributed by atoms with E-state index >= 15 is 0 Å². The van der Waals surface area contributed by atoms with Crippen LogP contribution in [-0.4, -0.2) is 49.2 Å². The molecule has 0 aliphatic carbocycles. The predicted octanol–water partition coefficient (Wildman–Crippen LogP) is 1.52. The van der Waals surface area contributed by atoms with Gasteiger partial charge in [0.2, 0.25) is 17.7 Å². The Labute approximate surface area is 156 Å². The van der Waals surface area contributed by atoms with Gasteiger partial charge in [-0.2, -0.15) is 4.80 Å². The highest BCUT2D eigenvalue weighted by atomic mass is 16.1. The molecule has 0 unspecified atom stereocenters. The lowest BCUT2D eigenvalue weighted by Crippen LogP contribution is -2.41. The number of carbonyl (C=O) groups excluding carboxylic acids is 1. The second-order valence-corrected chi connectivity index (χ2v) is 6.51. The minimum Gasteiger partial charge on any atom is -0.340 e. The lowest BCUT2D eigenvalue weighted by atomic mass is 9.97. The maximum Gasteiger partial charge on any atom is 0.229 e. The third-order valence-electron chi connectivity index (χ3n) is 4.52. The molecule has 0 spiro atoms. The molecule has 1 amide bonds. The molecule has 0 bridgehead atoms. The molecule has 0 saturated carbocycles. The average molecular weight is 364 g/mol. The minimum atomic E-state index is -0.110. The fraction of sp³-hybridized carbons (Fsp3) is 0.333. The molecule has 1 aliphatic rings. The standard InChI is InChI=1S/C18H20N8O/c1-25-23-16(22-24-25)13-5-2-7-15(11-13)21-17(27)14-6-3-10-26(12-14)18-19-8-4-9-20-18/h2,4-5,7-9,11,14H,3,6,10,12H2,1H3,(H,21,27)/t14-/m1/s1. The highest BCUT2D eigenvalue weighted by Crippen LogP contribution is 2.23. The number of rotatable bonds is 4. The van der Waals surface area contributed by atoms with E-state index < -0.39 is 0 Å². The number of nitrogens with zero attached hydrogens (tertiary/aromatic N) is 7. The largest absolute Gasteiger partial charge is 0.340 e. The van der Waals surface area contributed by atoms with Crippen LogP contribution < -0.4 is 10.2 Å². The molecule has 3 aromatic rings. The van der Waals surface area contributed by atoms with Gasteiger partial charge in [0.05, 0.1) is 13.0 Å². The highest BCUT2D eigenvalue weighted by Gasteiger charge is 2.27. The molecule has 4 rings (SSSR count). The van der Waals surface area contributed by atoms with Crippen LogP contribution in [0, 0.1) is 5.92 Å². The molecule has 2 aromatic heterocycles. The van der Waals surface area contributed by atoms with Gasteiger partial charge in [-0.3, -0.25) is 4.79 Å². The SMILES string of the molecule is Cn1nnc(-c2cccc(NC(=O)[C@@H]3CCCN(c4ncccn4)C3)c2)n1. The molecule has 1 saturated heterocycles. The molecule has 9 nitrogen and oxygen atoms in total. The topological polar surface area (TPSA) is 102 Å². The molecular formula is C18H20N8O. The Balaban J connectivity index is 1.44. The van der Waals surface area contributed by atoms with E-state index in [0.29, 0.717) is 18.3 Å². The number of aryl methyl sites for hydroxylation is 1. The first-order valence-corrected chi connectivity index (χ1v) is 8.86. The number of tetrazole rings is 1. The first-order valence-electron chi connectivity index (χ1n) is 8.86. The van der Waals surface area contributed by atoms with Gasteiger partial charge < -0.3 is 10.2 Å². The number of carbonyl (C=O) groups is 1. The first kappa shape index (κ1) is 17.1. The number of hydrogen-bond donors (Lipinski definition) is 1. The average Bonchev–Trinajstić information content (AvgIpc) is 3.15. The van der Waals surface area contributed by atoms with Crippen LogP contribution in [0.4, 0.5) is 11.6 Å². The molecule has 9 heteroatoms. The van der Waals surface area contributed by atoms with Crippen molar-refractivity contribution in [1.29, 1.82) is 0 Å². The van der Waals surface area contributed by atoms with E-state index in [-0.39, 0.29) is 11.8 Å². The molecule has 1 N–H and O–H groups in total.